The van der Waals surface area contributed by atoms with Gasteiger partial charge in [0.25, 0.3) is 5.69 Å². The summed E-state index contributed by atoms with van der Waals surface area (Å²) in [7, 11) is 0. The Morgan fingerprint density at radius 1 is 1.30 bits per heavy atom. The van der Waals surface area contributed by atoms with Gasteiger partial charge in [-0.05, 0) is 36.8 Å². The van der Waals surface area contributed by atoms with Crippen LogP contribution >= 0.6 is 23.1 Å². The van der Waals surface area contributed by atoms with Crippen LogP contribution < -0.4 is 5.76 Å². The van der Waals surface area contributed by atoms with E-state index in [1.54, 1.807) is 23.1 Å². The van der Waals surface area contributed by atoms with Crippen LogP contribution in [-0.4, -0.2) is 30.0 Å². The SMILES string of the molecule is O=c1oc2ccc([N+](=O)[O-])cc2n1CCCSc1nnc(-c2cccs2)n1C1CC1. The number of rotatable bonds is 8. The van der Waals surface area contributed by atoms with Crippen LogP contribution in [0.3, 0.4) is 0 Å². The first kappa shape index (κ1) is 19.1. The van der Waals surface area contributed by atoms with Gasteiger partial charge in [0.15, 0.2) is 16.6 Å². The standard InChI is InChI=1S/C19H17N5O4S2/c25-19-22(14-11-13(24(26)27)6-7-15(14)28-19)8-2-10-30-18-21-20-17(16-3-1-9-29-16)23(18)12-4-5-12/h1,3,6-7,9,11-12H,2,4-5,8,10H2. The lowest BCUT2D eigenvalue weighted by Gasteiger charge is -2.07. The third kappa shape index (κ3) is 3.54. The van der Waals surface area contributed by atoms with E-state index in [-0.39, 0.29) is 5.69 Å². The Balaban J connectivity index is 1.30. The molecular formula is C19H17N5O4S2. The van der Waals surface area contributed by atoms with E-state index in [2.05, 4.69) is 20.8 Å². The highest BCUT2D eigenvalue weighted by molar-refractivity contribution is 7.99. The monoisotopic (exact) mass is 443 g/mol. The van der Waals surface area contributed by atoms with E-state index >= 15 is 0 Å². The van der Waals surface area contributed by atoms with Crippen molar-refractivity contribution >= 4 is 39.9 Å². The Morgan fingerprint density at radius 2 is 2.17 bits per heavy atom. The van der Waals surface area contributed by atoms with Crippen LogP contribution in [0.1, 0.15) is 25.3 Å². The van der Waals surface area contributed by atoms with Crippen LogP contribution in [-0.2, 0) is 6.54 Å². The van der Waals surface area contributed by atoms with E-state index in [1.807, 2.05) is 11.4 Å². The number of hydrogen-bond donors (Lipinski definition) is 0. The van der Waals surface area contributed by atoms with Crippen molar-refractivity contribution in [2.24, 2.45) is 0 Å². The molecule has 11 heteroatoms. The summed E-state index contributed by atoms with van der Waals surface area (Å²) in [5.41, 5.74) is 0.734. The molecule has 3 aromatic heterocycles. The van der Waals surface area contributed by atoms with Gasteiger partial charge in [0.05, 0.1) is 15.3 Å². The summed E-state index contributed by atoms with van der Waals surface area (Å²) < 4.78 is 8.88. The van der Waals surface area contributed by atoms with Gasteiger partial charge in [0.1, 0.15) is 0 Å². The van der Waals surface area contributed by atoms with Crippen LogP contribution in [0.5, 0.6) is 0 Å². The third-order valence-corrected chi connectivity index (χ3v) is 6.83. The topological polar surface area (TPSA) is 109 Å². The van der Waals surface area contributed by atoms with Gasteiger partial charge in [-0.25, -0.2) is 4.79 Å². The molecule has 5 rings (SSSR count). The Morgan fingerprint density at radius 3 is 2.90 bits per heavy atom. The van der Waals surface area contributed by atoms with Gasteiger partial charge >= 0.3 is 5.76 Å². The second-order valence-electron chi connectivity index (χ2n) is 7.02. The lowest BCUT2D eigenvalue weighted by molar-refractivity contribution is -0.384. The fourth-order valence-corrected chi connectivity index (χ4v) is 5.01. The smallest absolute Gasteiger partial charge is 0.408 e. The van der Waals surface area contributed by atoms with Crippen molar-refractivity contribution in [3.8, 4) is 10.7 Å². The zero-order chi connectivity index (χ0) is 20.7. The first-order valence-electron chi connectivity index (χ1n) is 9.51. The van der Waals surface area contributed by atoms with Gasteiger partial charge in [-0.2, -0.15) is 0 Å². The number of nitro groups is 1. The van der Waals surface area contributed by atoms with E-state index in [1.165, 1.54) is 22.8 Å². The summed E-state index contributed by atoms with van der Waals surface area (Å²) >= 11 is 3.27. The maximum Gasteiger partial charge on any atom is 0.419 e. The van der Waals surface area contributed by atoms with Crippen LogP contribution in [0.15, 0.2) is 50.1 Å². The molecule has 1 aliphatic rings. The number of aromatic nitrogens is 4. The molecule has 1 aromatic carbocycles. The number of fused-ring (bicyclic) bond motifs is 1. The maximum atomic E-state index is 12.2. The average Bonchev–Trinajstić information content (AvgIpc) is 3.14. The highest BCUT2D eigenvalue weighted by atomic mass is 32.2. The first-order chi connectivity index (χ1) is 14.6. The molecule has 0 aliphatic heterocycles. The molecule has 1 saturated carbocycles. The number of hydrogen-bond acceptors (Lipinski definition) is 8. The predicted molar refractivity (Wildman–Crippen MR) is 114 cm³/mol. The number of benzene rings is 1. The Kier molecular flexibility index (Phi) is 4.91. The Labute approximate surface area is 178 Å². The molecular weight excluding hydrogens is 426 g/mol. The molecule has 0 N–H and O–H groups in total. The fourth-order valence-electron chi connectivity index (χ4n) is 3.37. The minimum absolute atomic E-state index is 0.0648. The number of nitrogens with zero attached hydrogens (tertiary/aromatic N) is 5. The first-order valence-corrected chi connectivity index (χ1v) is 11.4. The lowest BCUT2D eigenvalue weighted by Crippen LogP contribution is -2.14. The minimum atomic E-state index is -0.503. The Hall–Kier alpha value is -2.92. The van der Waals surface area contributed by atoms with E-state index in [4.69, 9.17) is 4.42 Å². The highest BCUT2D eigenvalue weighted by Gasteiger charge is 2.30. The van der Waals surface area contributed by atoms with Crippen LogP contribution in [0.2, 0.25) is 0 Å². The molecule has 0 spiro atoms. The lowest BCUT2D eigenvalue weighted by atomic mass is 10.3. The fraction of sp³-hybridized carbons (Fsp3) is 0.316. The number of nitro benzene ring substituents is 1. The predicted octanol–water partition coefficient (Wildman–Crippen LogP) is 4.34. The van der Waals surface area contributed by atoms with Gasteiger partial charge in [-0.3, -0.25) is 19.2 Å². The number of aryl methyl sites for hydroxylation is 1. The number of thioether (sulfide) groups is 1. The molecule has 1 aliphatic carbocycles. The van der Waals surface area contributed by atoms with Crippen molar-refractivity contribution in [3.05, 3.63) is 56.4 Å². The molecule has 0 atom stereocenters. The second kappa shape index (κ2) is 7.73. The van der Waals surface area contributed by atoms with Gasteiger partial charge in [0, 0.05) is 30.5 Å². The summed E-state index contributed by atoms with van der Waals surface area (Å²) in [6, 6.07) is 8.70. The van der Waals surface area contributed by atoms with Crippen molar-refractivity contribution in [1.82, 2.24) is 19.3 Å². The molecule has 0 radical (unpaired) electrons. The van der Waals surface area contributed by atoms with Crippen molar-refractivity contribution in [2.45, 2.75) is 37.0 Å². The molecule has 3 heterocycles. The van der Waals surface area contributed by atoms with Crippen molar-refractivity contribution in [3.63, 3.8) is 0 Å². The zero-order valence-electron chi connectivity index (χ0n) is 15.8. The average molecular weight is 444 g/mol. The summed E-state index contributed by atoms with van der Waals surface area (Å²) in [5.74, 6) is 1.15. The molecule has 0 saturated heterocycles. The molecule has 0 amide bonds. The molecule has 4 aromatic rings. The van der Waals surface area contributed by atoms with Crippen LogP contribution in [0.4, 0.5) is 5.69 Å². The van der Waals surface area contributed by atoms with Gasteiger partial charge in [-0.15, -0.1) is 21.5 Å². The largest absolute Gasteiger partial charge is 0.419 e. The van der Waals surface area contributed by atoms with E-state index in [0.717, 1.165) is 34.5 Å². The minimum Gasteiger partial charge on any atom is -0.408 e. The third-order valence-electron chi connectivity index (χ3n) is 4.94. The van der Waals surface area contributed by atoms with Crippen molar-refractivity contribution in [1.29, 1.82) is 0 Å². The van der Waals surface area contributed by atoms with Gasteiger partial charge in [-0.1, -0.05) is 17.8 Å². The van der Waals surface area contributed by atoms with Crippen molar-refractivity contribution < 1.29 is 9.34 Å². The van der Waals surface area contributed by atoms with Crippen molar-refractivity contribution in [2.75, 3.05) is 5.75 Å². The van der Waals surface area contributed by atoms with Gasteiger partial charge in [0.2, 0.25) is 0 Å². The van der Waals surface area contributed by atoms with Crippen LogP contribution in [0.25, 0.3) is 21.8 Å². The van der Waals surface area contributed by atoms with E-state index in [0.29, 0.717) is 30.1 Å². The number of thiophene rings is 1. The normalized spacial score (nSPS) is 13.9. The maximum absolute atomic E-state index is 12.2. The molecule has 9 nitrogen and oxygen atoms in total. The summed E-state index contributed by atoms with van der Waals surface area (Å²) in [5, 5.41) is 22.7. The molecule has 1 fully saturated rings. The summed E-state index contributed by atoms with van der Waals surface area (Å²) in [6.45, 7) is 0.412. The van der Waals surface area contributed by atoms with E-state index in [9.17, 15) is 14.9 Å². The summed E-state index contributed by atoms with van der Waals surface area (Å²) in [4.78, 5) is 23.8. The second-order valence-corrected chi connectivity index (χ2v) is 9.03. The summed E-state index contributed by atoms with van der Waals surface area (Å²) in [6.07, 6.45) is 2.96. The Bertz CT molecular complexity index is 1270. The molecule has 0 unspecified atom stereocenters. The highest BCUT2D eigenvalue weighted by Crippen LogP contribution is 2.41. The molecule has 154 valence electrons. The molecule has 0 bridgehead atoms. The van der Waals surface area contributed by atoms with Crippen LogP contribution in [0, 0.1) is 10.1 Å². The molecule has 30 heavy (non-hydrogen) atoms. The quantitative estimate of drug-likeness (QED) is 0.172. The zero-order valence-corrected chi connectivity index (χ0v) is 17.4. The number of oxazole rings is 1. The van der Waals surface area contributed by atoms with E-state index < -0.39 is 10.7 Å². The van der Waals surface area contributed by atoms with Gasteiger partial charge < -0.3 is 4.42 Å². The number of non-ortho nitro benzene ring substituents is 1.